The average molecular weight is 323 g/mol. The molecule has 1 aliphatic rings. The van der Waals surface area contributed by atoms with Crippen molar-refractivity contribution in [2.75, 3.05) is 13.2 Å². The number of sulfonamides is 1. The summed E-state index contributed by atoms with van der Waals surface area (Å²) in [5.74, 6) is 0.271. The second-order valence-electron chi connectivity index (χ2n) is 5.15. The van der Waals surface area contributed by atoms with Crippen LogP contribution in [-0.2, 0) is 22.9 Å². The first kappa shape index (κ1) is 14.7. The molecule has 0 radical (unpaired) electrons. The van der Waals surface area contributed by atoms with Gasteiger partial charge in [-0.2, -0.15) is 0 Å². The molecule has 0 aliphatic heterocycles. The van der Waals surface area contributed by atoms with Gasteiger partial charge < -0.3 is 5.11 Å². The van der Waals surface area contributed by atoms with Crippen LogP contribution in [0.5, 0.6) is 0 Å². The lowest BCUT2D eigenvalue weighted by Crippen LogP contribution is -2.32. The predicted molar refractivity (Wildman–Crippen MR) is 83.2 cm³/mol. The number of rotatable bonds is 6. The van der Waals surface area contributed by atoms with Crippen molar-refractivity contribution < 1.29 is 13.5 Å². The summed E-state index contributed by atoms with van der Waals surface area (Å²) >= 11 is 1.22. The van der Waals surface area contributed by atoms with Gasteiger partial charge in [-0.1, -0.05) is 24.3 Å². The Hall–Kier alpha value is -1.21. The quantitative estimate of drug-likeness (QED) is 0.853. The first-order valence-corrected chi connectivity index (χ1v) is 9.17. The smallest absolute Gasteiger partial charge is 0.250 e. The van der Waals surface area contributed by atoms with E-state index in [0.717, 1.165) is 11.3 Å². The third kappa shape index (κ3) is 3.03. The van der Waals surface area contributed by atoms with Gasteiger partial charge in [0.05, 0.1) is 0 Å². The molecule has 0 fully saturated rings. The van der Waals surface area contributed by atoms with Crippen LogP contribution in [0.2, 0.25) is 0 Å². The van der Waals surface area contributed by atoms with E-state index in [-0.39, 0.29) is 12.5 Å². The van der Waals surface area contributed by atoms with E-state index < -0.39 is 10.0 Å². The van der Waals surface area contributed by atoms with Crippen LogP contribution in [0.1, 0.15) is 21.9 Å². The Bertz CT molecular complexity index is 737. The fourth-order valence-electron chi connectivity index (χ4n) is 2.57. The second kappa shape index (κ2) is 5.88. The van der Waals surface area contributed by atoms with Crippen molar-refractivity contribution in [2.24, 2.45) is 0 Å². The summed E-state index contributed by atoms with van der Waals surface area (Å²) in [6.07, 6.45) is 1.43. The summed E-state index contributed by atoms with van der Waals surface area (Å²) in [5, 5.41) is 8.88. The van der Waals surface area contributed by atoms with Gasteiger partial charge >= 0.3 is 0 Å². The van der Waals surface area contributed by atoms with E-state index in [4.69, 9.17) is 5.11 Å². The van der Waals surface area contributed by atoms with Crippen molar-refractivity contribution in [1.82, 2.24) is 4.72 Å². The van der Waals surface area contributed by atoms with Crippen molar-refractivity contribution >= 4 is 21.4 Å². The first-order chi connectivity index (χ1) is 10.1. The molecule has 6 heteroatoms. The SMILES string of the molecule is O=S(=O)(NCC1Cc2ccccc21)c1ccc(CCO)s1. The van der Waals surface area contributed by atoms with E-state index in [1.54, 1.807) is 12.1 Å². The standard InChI is InChI=1S/C15H17NO3S2/c17-8-7-13-5-6-15(20-13)21(18,19)16-10-12-9-11-3-1-2-4-14(11)12/h1-6,12,16-17H,7-10H2. The number of hydrogen-bond acceptors (Lipinski definition) is 4. The number of aliphatic hydroxyl groups is 1. The third-order valence-electron chi connectivity index (χ3n) is 3.74. The van der Waals surface area contributed by atoms with Gasteiger partial charge in [-0.05, 0) is 29.7 Å². The Morgan fingerprint density at radius 1 is 1.24 bits per heavy atom. The maximum atomic E-state index is 12.2. The Morgan fingerprint density at radius 2 is 2.05 bits per heavy atom. The van der Waals surface area contributed by atoms with E-state index in [1.807, 2.05) is 12.1 Å². The Labute approximate surface area is 128 Å². The molecule has 2 N–H and O–H groups in total. The van der Waals surface area contributed by atoms with Gasteiger partial charge in [0, 0.05) is 30.4 Å². The van der Waals surface area contributed by atoms with Crippen molar-refractivity contribution in [3.8, 4) is 0 Å². The molecule has 21 heavy (non-hydrogen) atoms. The van der Waals surface area contributed by atoms with Crippen LogP contribution in [-0.4, -0.2) is 26.7 Å². The van der Waals surface area contributed by atoms with Crippen LogP contribution in [0.4, 0.5) is 0 Å². The molecule has 112 valence electrons. The number of benzene rings is 1. The van der Waals surface area contributed by atoms with Crippen molar-refractivity contribution in [3.05, 3.63) is 52.4 Å². The fraction of sp³-hybridized carbons (Fsp3) is 0.333. The molecule has 0 spiro atoms. The van der Waals surface area contributed by atoms with E-state index >= 15 is 0 Å². The molecule has 0 bridgehead atoms. The topological polar surface area (TPSA) is 66.4 Å². The maximum absolute atomic E-state index is 12.2. The number of nitrogens with one attached hydrogen (secondary N) is 1. The van der Waals surface area contributed by atoms with E-state index in [0.29, 0.717) is 17.2 Å². The molecule has 4 nitrogen and oxygen atoms in total. The van der Waals surface area contributed by atoms with Crippen LogP contribution in [0, 0.1) is 0 Å². The summed E-state index contributed by atoms with van der Waals surface area (Å²) in [6, 6.07) is 11.5. The lowest BCUT2D eigenvalue weighted by molar-refractivity contribution is 0.300. The van der Waals surface area contributed by atoms with Crippen LogP contribution in [0.25, 0.3) is 0 Å². The van der Waals surface area contributed by atoms with Gasteiger partial charge in [0.2, 0.25) is 10.0 Å². The van der Waals surface area contributed by atoms with Gasteiger partial charge in [-0.3, -0.25) is 0 Å². The largest absolute Gasteiger partial charge is 0.396 e. The highest BCUT2D eigenvalue weighted by molar-refractivity contribution is 7.91. The Balaban J connectivity index is 1.64. The molecule has 1 aliphatic carbocycles. The molecule has 2 aromatic rings. The molecule has 3 rings (SSSR count). The molecule has 1 aromatic carbocycles. The molecule has 0 saturated heterocycles. The number of fused-ring (bicyclic) bond motifs is 1. The summed E-state index contributed by atoms with van der Waals surface area (Å²) in [4.78, 5) is 0.881. The van der Waals surface area contributed by atoms with Gasteiger partial charge in [0.25, 0.3) is 0 Å². The average Bonchev–Trinajstić information content (AvgIpc) is 2.90. The number of hydrogen-bond donors (Lipinski definition) is 2. The summed E-state index contributed by atoms with van der Waals surface area (Å²) < 4.78 is 27.5. The third-order valence-corrected chi connectivity index (χ3v) is 6.80. The minimum atomic E-state index is -3.44. The molecule has 1 atom stereocenters. The fourth-order valence-corrected chi connectivity index (χ4v) is 5.04. The Kier molecular flexibility index (Phi) is 4.12. The zero-order chi connectivity index (χ0) is 14.9. The lowest BCUT2D eigenvalue weighted by atomic mass is 9.78. The van der Waals surface area contributed by atoms with Gasteiger partial charge in [-0.25, -0.2) is 13.1 Å². The van der Waals surface area contributed by atoms with Crippen LogP contribution in [0.15, 0.2) is 40.6 Å². The predicted octanol–water partition coefficient (Wildman–Crippen LogP) is 1.90. The normalized spacial score (nSPS) is 17.3. The minimum Gasteiger partial charge on any atom is -0.396 e. The summed E-state index contributed by atoms with van der Waals surface area (Å²) in [7, 11) is -3.44. The van der Waals surface area contributed by atoms with E-state index in [1.165, 1.54) is 22.5 Å². The summed E-state index contributed by atoms with van der Waals surface area (Å²) in [6.45, 7) is 0.471. The van der Waals surface area contributed by atoms with Crippen LogP contribution < -0.4 is 4.72 Å². The molecule has 1 unspecified atom stereocenters. The molecule has 0 saturated carbocycles. The number of thiophene rings is 1. The monoisotopic (exact) mass is 323 g/mol. The molecule has 0 amide bonds. The molecule has 1 heterocycles. The zero-order valence-corrected chi connectivity index (χ0v) is 13.1. The Morgan fingerprint density at radius 3 is 2.81 bits per heavy atom. The highest BCUT2D eigenvalue weighted by Crippen LogP contribution is 2.34. The van der Waals surface area contributed by atoms with E-state index in [9.17, 15) is 8.42 Å². The second-order valence-corrected chi connectivity index (χ2v) is 8.31. The van der Waals surface area contributed by atoms with Gasteiger partial charge in [0.1, 0.15) is 4.21 Å². The van der Waals surface area contributed by atoms with Crippen molar-refractivity contribution in [2.45, 2.75) is 23.0 Å². The molecule has 1 aromatic heterocycles. The lowest BCUT2D eigenvalue weighted by Gasteiger charge is -2.29. The first-order valence-electron chi connectivity index (χ1n) is 6.87. The van der Waals surface area contributed by atoms with Crippen LogP contribution in [0.3, 0.4) is 0 Å². The van der Waals surface area contributed by atoms with Crippen molar-refractivity contribution in [3.63, 3.8) is 0 Å². The zero-order valence-electron chi connectivity index (χ0n) is 11.5. The van der Waals surface area contributed by atoms with Crippen molar-refractivity contribution in [1.29, 1.82) is 0 Å². The van der Waals surface area contributed by atoms with Gasteiger partial charge in [0.15, 0.2) is 0 Å². The van der Waals surface area contributed by atoms with Gasteiger partial charge in [-0.15, -0.1) is 11.3 Å². The summed E-state index contributed by atoms with van der Waals surface area (Å²) in [5.41, 5.74) is 2.55. The van der Waals surface area contributed by atoms with Crippen LogP contribution >= 0.6 is 11.3 Å². The van der Waals surface area contributed by atoms with E-state index in [2.05, 4.69) is 16.9 Å². The molecular weight excluding hydrogens is 306 g/mol. The number of aliphatic hydroxyl groups excluding tert-OH is 1. The maximum Gasteiger partial charge on any atom is 0.250 e. The highest BCUT2D eigenvalue weighted by Gasteiger charge is 2.27. The highest BCUT2D eigenvalue weighted by atomic mass is 32.2. The molecular formula is C15H17NO3S2. The minimum absolute atomic E-state index is 0.0340.